The number of halogens is 1. The van der Waals surface area contributed by atoms with E-state index in [4.69, 9.17) is 5.11 Å². The summed E-state index contributed by atoms with van der Waals surface area (Å²) in [7, 11) is 0. The Kier molecular flexibility index (Phi) is 2.45. The monoisotopic (exact) mass is 191 g/mol. The standard InChI is InChI=1S/C6H6FNO5/c7-2(4(9)10)1-3-5(11)13-6(12)8-3/h2-3H,1H2,(H,8,12)(H,9,10)/t2-,3+/m1/s1. The van der Waals surface area contributed by atoms with Crippen LogP contribution in [0.1, 0.15) is 6.42 Å². The van der Waals surface area contributed by atoms with Crippen molar-refractivity contribution in [1.29, 1.82) is 0 Å². The molecule has 72 valence electrons. The molecule has 7 heteroatoms. The number of hydrogen-bond donors (Lipinski definition) is 2. The third-order valence-electron chi connectivity index (χ3n) is 1.48. The lowest BCUT2D eigenvalue weighted by Crippen LogP contribution is -2.33. The Bertz CT molecular complexity index is 266. The smallest absolute Gasteiger partial charge is 0.415 e. The van der Waals surface area contributed by atoms with Crippen LogP contribution in [0.5, 0.6) is 0 Å². The second kappa shape index (κ2) is 3.38. The second-order valence-corrected chi connectivity index (χ2v) is 2.45. The lowest BCUT2D eigenvalue weighted by Gasteiger charge is -2.05. The summed E-state index contributed by atoms with van der Waals surface area (Å²) < 4.78 is 16.5. The van der Waals surface area contributed by atoms with Crippen LogP contribution in [0.4, 0.5) is 9.18 Å². The minimum atomic E-state index is -2.18. The minimum absolute atomic E-state index is 0.611. The zero-order chi connectivity index (χ0) is 10.0. The van der Waals surface area contributed by atoms with Crippen molar-refractivity contribution in [2.45, 2.75) is 18.6 Å². The molecule has 1 amide bonds. The Balaban J connectivity index is 2.50. The first kappa shape index (κ1) is 9.43. The van der Waals surface area contributed by atoms with Gasteiger partial charge in [0.25, 0.3) is 0 Å². The number of cyclic esters (lactones) is 2. The minimum Gasteiger partial charge on any atom is -0.479 e. The summed E-state index contributed by atoms with van der Waals surface area (Å²) in [4.78, 5) is 31.1. The number of carboxylic acids is 1. The van der Waals surface area contributed by atoms with Crippen molar-refractivity contribution in [3.05, 3.63) is 0 Å². The van der Waals surface area contributed by atoms with Gasteiger partial charge in [0, 0.05) is 6.42 Å². The molecule has 0 radical (unpaired) electrons. The van der Waals surface area contributed by atoms with Gasteiger partial charge in [-0.25, -0.2) is 18.8 Å². The number of rotatable bonds is 3. The van der Waals surface area contributed by atoms with Gasteiger partial charge in [0.2, 0.25) is 0 Å². The van der Waals surface area contributed by atoms with Crippen molar-refractivity contribution < 1.29 is 28.6 Å². The fraction of sp³-hybridized carbons (Fsp3) is 0.500. The number of esters is 1. The Labute approximate surface area is 71.7 Å². The maximum absolute atomic E-state index is 12.5. The van der Waals surface area contributed by atoms with Crippen molar-refractivity contribution in [3.8, 4) is 0 Å². The average Bonchev–Trinajstić information content (AvgIpc) is 2.30. The van der Waals surface area contributed by atoms with Gasteiger partial charge >= 0.3 is 18.0 Å². The Morgan fingerprint density at radius 2 is 2.31 bits per heavy atom. The lowest BCUT2D eigenvalue weighted by atomic mass is 10.1. The summed E-state index contributed by atoms with van der Waals surface area (Å²) in [6.07, 6.45) is -3.77. The van der Waals surface area contributed by atoms with E-state index in [0.29, 0.717) is 0 Å². The molecule has 2 N–H and O–H groups in total. The normalized spacial score (nSPS) is 23.6. The van der Waals surface area contributed by atoms with Gasteiger partial charge in [-0.2, -0.15) is 0 Å². The number of carbonyl (C=O) groups is 3. The van der Waals surface area contributed by atoms with E-state index >= 15 is 0 Å². The van der Waals surface area contributed by atoms with Gasteiger partial charge in [-0.3, -0.25) is 0 Å². The SMILES string of the molecule is O=C1N[C@@H](C[C@@H](F)C(=O)O)C(=O)O1. The molecule has 1 heterocycles. The van der Waals surface area contributed by atoms with E-state index in [9.17, 15) is 18.8 Å². The van der Waals surface area contributed by atoms with Gasteiger partial charge in [-0.1, -0.05) is 0 Å². The van der Waals surface area contributed by atoms with Gasteiger partial charge in [0.1, 0.15) is 6.04 Å². The number of alkyl carbamates (subject to hydrolysis) is 1. The molecule has 6 nitrogen and oxygen atoms in total. The number of nitrogens with one attached hydrogen (secondary N) is 1. The van der Waals surface area contributed by atoms with Gasteiger partial charge in [-0.05, 0) is 0 Å². The molecule has 13 heavy (non-hydrogen) atoms. The Morgan fingerprint density at radius 3 is 2.69 bits per heavy atom. The Hall–Kier alpha value is -1.66. The molecule has 2 atom stereocenters. The highest BCUT2D eigenvalue weighted by Crippen LogP contribution is 2.09. The molecule has 0 unspecified atom stereocenters. The first-order chi connectivity index (χ1) is 6.00. The lowest BCUT2D eigenvalue weighted by molar-refractivity contribution is -0.143. The highest BCUT2D eigenvalue weighted by atomic mass is 19.1. The van der Waals surface area contributed by atoms with Crippen LogP contribution >= 0.6 is 0 Å². The largest absolute Gasteiger partial charge is 0.479 e. The van der Waals surface area contributed by atoms with Crippen molar-refractivity contribution >= 4 is 18.0 Å². The van der Waals surface area contributed by atoms with E-state index in [0.717, 1.165) is 0 Å². The zero-order valence-electron chi connectivity index (χ0n) is 6.32. The second-order valence-electron chi connectivity index (χ2n) is 2.45. The van der Waals surface area contributed by atoms with Crippen LogP contribution in [0, 0.1) is 0 Å². The number of aliphatic carboxylic acids is 1. The number of amides is 1. The van der Waals surface area contributed by atoms with Gasteiger partial charge in [0.05, 0.1) is 0 Å². The summed E-state index contributed by atoms with van der Waals surface area (Å²) in [5.74, 6) is -2.62. The highest BCUT2D eigenvalue weighted by Gasteiger charge is 2.36. The number of carbonyl (C=O) groups excluding carboxylic acids is 2. The summed E-state index contributed by atoms with van der Waals surface area (Å²) in [6.45, 7) is 0. The third-order valence-corrected chi connectivity index (χ3v) is 1.48. The first-order valence-electron chi connectivity index (χ1n) is 3.39. The van der Waals surface area contributed by atoms with Crippen molar-refractivity contribution in [2.24, 2.45) is 0 Å². The number of alkyl halides is 1. The molecule has 1 saturated heterocycles. The Morgan fingerprint density at radius 1 is 1.69 bits per heavy atom. The molecular formula is C6H6FNO5. The predicted molar refractivity (Wildman–Crippen MR) is 35.6 cm³/mol. The highest BCUT2D eigenvalue weighted by molar-refractivity contribution is 5.95. The predicted octanol–water partition coefficient (Wildman–Crippen LogP) is -0.566. The van der Waals surface area contributed by atoms with Gasteiger partial charge in [0.15, 0.2) is 6.17 Å². The first-order valence-corrected chi connectivity index (χ1v) is 3.39. The molecule has 1 aliphatic heterocycles. The van der Waals surface area contributed by atoms with E-state index in [1.54, 1.807) is 0 Å². The third kappa shape index (κ3) is 2.14. The van der Waals surface area contributed by atoms with Gasteiger partial charge in [-0.15, -0.1) is 0 Å². The maximum Gasteiger partial charge on any atom is 0.415 e. The van der Waals surface area contributed by atoms with Crippen molar-refractivity contribution in [1.82, 2.24) is 5.32 Å². The van der Waals surface area contributed by atoms with E-state index in [2.05, 4.69) is 4.74 Å². The van der Waals surface area contributed by atoms with Crippen LogP contribution in [-0.2, 0) is 14.3 Å². The molecule has 0 saturated carbocycles. The molecule has 0 aromatic heterocycles. The number of carboxylic acid groups (broad SMARTS) is 1. The number of ether oxygens (including phenoxy) is 1. The van der Waals surface area contributed by atoms with Crippen molar-refractivity contribution in [2.75, 3.05) is 0 Å². The summed E-state index contributed by atoms with van der Waals surface area (Å²) >= 11 is 0. The molecule has 0 bridgehead atoms. The molecule has 1 fully saturated rings. The fourth-order valence-electron chi connectivity index (χ4n) is 0.856. The van der Waals surface area contributed by atoms with E-state index in [1.165, 1.54) is 0 Å². The van der Waals surface area contributed by atoms with E-state index in [1.807, 2.05) is 5.32 Å². The average molecular weight is 191 g/mol. The maximum atomic E-state index is 12.5. The van der Waals surface area contributed by atoms with Crippen LogP contribution in [0.3, 0.4) is 0 Å². The summed E-state index contributed by atoms with van der Waals surface area (Å²) in [5.41, 5.74) is 0. The van der Waals surface area contributed by atoms with Crippen molar-refractivity contribution in [3.63, 3.8) is 0 Å². The number of hydrogen-bond acceptors (Lipinski definition) is 4. The van der Waals surface area contributed by atoms with Crippen LogP contribution in [0.15, 0.2) is 0 Å². The van der Waals surface area contributed by atoms with Gasteiger partial charge < -0.3 is 15.2 Å². The fourth-order valence-corrected chi connectivity index (χ4v) is 0.856. The molecule has 0 aliphatic carbocycles. The zero-order valence-corrected chi connectivity index (χ0v) is 6.32. The summed E-state index contributed by atoms with van der Waals surface area (Å²) in [5, 5.41) is 10.1. The van der Waals surface area contributed by atoms with E-state index < -0.39 is 36.7 Å². The quantitative estimate of drug-likeness (QED) is 0.460. The van der Waals surface area contributed by atoms with Crippen LogP contribution in [0.2, 0.25) is 0 Å². The molecule has 0 spiro atoms. The van der Waals surface area contributed by atoms with Crippen LogP contribution in [-0.4, -0.2) is 35.4 Å². The topological polar surface area (TPSA) is 92.7 Å². The molecular weight excluding hydrogens is 185 g/mol. The van der Waals surface area contributed by atoms with Crippen LogP contribution < -0.4 is 5.32 Å². The molecule has 0 aromatic carbocycles. The molecule has 1 rings (SSSR count). The van der Waals surface area contributed by atoms with E-state index in [-0.39, 0.29) is 0 Å². The molecule has 0 aromatic rings. The van der Waals surface area contributed by atoms with Crippen LogP contribution in [0.25, 0.3) is 0 Å². The molecule has 1 aliphatic rings. The summed E-state index contributed by atoms with van der Waals surface area (Å²) in [6, 6.07) is -1.20.